The Morgan fingerprint density at radius 1 is 1.05 bits per heavy atom. The van der Waals surface area contributed by atoms with E-state index in [-0.39, 0.29) is 12.4 Å². The van der Waals surface area contributed by atoms with Crippen molar-refractivity contribution in [2.24, 2.45) is 5.73 Å². The van der Waals surface area contributed by atoms with Crippen molar-refractivity contribution >= 4 is 5.97 Å². The van der Waals surface area contributed by atoms with Gasteiger partial charge in [0.15, 0.2) is 0 Å². The normalized spacial score (nSPS) is 11.9. The molecule has 21 heavy (non-hydrogen) atoms. The molecule has 3 N–H and O–H groups in total. The molecule has 2 rings (SSSR count). The number of hydrogen-bond donors (Lipinski definition) is 2. The molecule has 0 amide bonds. The highest BCUT2D eigenvalue weighted by Gasteiger charge is 2.17. The van der Waals surface area contributed by atoms with Crippen LogP contribution in [0.5, 0.6) is 5.75 Å². The Hall–Kier alpha value is -2.37. The van der Waals surface area contributed by atoms with Gasteiger partial charge in [0.25, 0.3) is 0 Å². The number of hydrogen-bond acceptors (Lipinski definition) is 5. The van der Waals surface area contributed by atoms with Crippen LogP contribution in [-0.4, -0.2) is 17.1 Å². The molecule has 0 fully saturated rings. The highest BCUT2D eigenvalue weighted by Crippen LogP contribution is 2.11. The largest absolute Gasteiger partial charge is 0.508 e. The monoisotopic (exact) mass is 287 g/mol. The topological polar surface area (TPSA) is 81.8 Å². The van der Waals surface area contributed by atoms with Gasteiger partial charge in [0, 0.05) is 0 Å². The number of carbonyl (C=O) groups is 1. The lowest BCUT2D eigenvalue weighted by Gasteiger charge is -2.10. The maximum atomic E-state index is 11.7. The van der Waals surface area contributed by atoms with Gasteiger partial charge in [-0.25, -0.2) is 4.79 Å². The van der Waals surface area contributed by atoms with Gasteiger partial charge in [0.1, 0.15) is 18.4 Å². The summed E-state index contributed by atoms with van der Waals surface area (Å²) in [6.07, 6.45) is 0.313. The molecular weight excluding hydrogens is 270 g/mol. The molecule has 0 aromatic heterocycles. The molecule has 0 aliphatic heterocycles. The van der Waals surface area contributed by atoms with Crippen LogP contribution in [0.2, 0.25) is 0 Å². The third-order valence-electron chi connectivity index (χ3n) is 2.90. The number of phenolic OH excluding ortho intramolecular Hbond substituents is 1. The third kappa shape index (κ3) is 4.91. The van der Waals surface area contributed by atoms with Crippen molar-refractivity contribution in [2.75, 3.05) is 0 Å². The van der Waals surface area contributed by atoms with Gasteiger partial charge in [-0.3, -0.25) is 4.89 Å². The first-order valence-electron chi connectivity index (χ1n) is 6.56. The van der Waals surface area contributed by atoms with Crippen molar-refractivity contribution in [1.29, 1.82) is 0 Å². The second-order valence-electron chi connectivity index (χ2n) is 4.63. The number of rotatable bonds is 6. The highest BCUT2D eigenvalue weighted by molar-refractivity contribution is 5.75. The molecule has 110 valence electrons. The highest BCUT2D eigenvalue weighted by atomic mass is 17.2. The van der Waals surface area contributed by atoms with Gasteiger partial charge in [-0.2, -0.15) is 4.89 Å². The van der Waals surface area contributed by atoms with Crippen molar-refractivity contribution in [3.05, 3.63) is 65.7 Å². The van der Waals surface area contributed by atoms with Crippen molar-refractivity contribution in [3.63, 3.8) is 0 Å². The molecule has 0 aliphatic rings. The van der Waals surface area contributed by atoms with Gasteiger partial charge in [0.2, 0.25) is 0 Å². The number of benzene rings is 2. The Labute approximate surface area is 122 Å². The van der Waals surface area contributed by atoms with Crippen molar-refractivity contribution < 1.29 is 19.7 Å². The van der Waals surface area contributed by atoms with Gasteiger partial charge < -0.3 is 10.8 Å². The summed E-state index contributed by atoms with van der Waals surface area (Å²) in [6, 6.07) is 15.0. The average molecular weight is 287 g/mol. The van der Waals surface area contributed by atoms with E-state index in [1.54, 1.807) is 24.3 Å². The lowest BCUT2D eigenvalue weighted by molar-refractivity contribution is -0.281. The van der Waals surface area contributed by atoms with Crippen LogP contribution in [0.1, 0.15) is 11.1 Å². The number of aromatic hydroxyl groups is 1. The van der Waals surface area contributed by atoms with Crippen molar-refractivity contribution in [1.82, 2.24) is 0 Å². The summed E-state index contributed by atoms with van der Waals surface area (Å²) in [6.45, 7) is 0.179. The Morgan fingerprint density at radius 3 is 2.38 bits per heavy atom. The number of carbonyl (C=O) groups excluding carboxylic acids is 1. The van der Waals surface area contributed by atoms with E-state index in [0.29, 0.717) is 6.42 Å². The van der Waals surface area contributed by atoms with E-state index in [0.717, 1.165) is 11.1 Å². The minimum absolute atomic E-state index is 0.168. The van der Waals surface area contributed by atoms with Crippen LogP contribution in [0.25, 0.3) is 0 Å². The first-order valence-corrected chi connectivity index (χ1v) is 6.56. The van der Waals surface area contributed by atoms with Crippen LogP contribution in [0.15, 0.2) is 54.6 Å². The molecule has 2 aromatic rings. The molecule has 5 heteroatoms. The van der Waals surface area contributed by atoms with E-state index in [1.807, 2.05) is 30.3 Å². The summed E-state index contributed by atoms with van der Waals surface area (Å²) in [5.41, 5.74) is 7.48. The molecule has 0 saturated heterocycles. The Morgan fingerprint density at radius 2 is 1.71 bits per heavy atom. The molecule has 0 heterocycles. The fraction of sp³-hybridized carbons (Fsp3) is 0.188. The molecule has 5 nitrogen and oxygen atoms in total. The molecule has 0 radical (unpaired) electrons. The van der Waals surface area contributed by atoms with Crippen LogP contribution in [-0.2, 0) is 27.6 Å². The fourth-order valence-electron chi connectivity index (χ4n) is 1.76. The van der Waals surface area contributed by atoms with E-state index in [2.05, 4.69) is 0 Å². The van der Waals surface area contributed by atoms with Gasteiger partial charge in [-0.05, 0) is 29.7 Å². The van der Waals surface area contributed by atoms with Gasteiger partial charge in [-0.15, -0.1) is 0 Å². The summed E-state index contributed by atoms with van der Waals surface area (Å²) < 4.78 is 0. The van der Waals surface area contributed by atoms with Crippen LogP contribution >= 0.6 is 0 Å². The molecule has 0 aliphatic carbocycles. The molecule has 0 bridgehead atoms. The Bertz CT molecular complexity index is 569. The van der Waals surface area contributed by atoms with E-state index >= 15 is 0 Å². The molecule has 0 saturated carbocycles. The fourth-order valence-corrected chi connectivity index (χ4v) is 1.76. The van der Waals surface area contributed by atoms with Crippen LogP contribution in [0.3, 0.4) is 0 Å². The SMILES string of the molecule is NC(Cc1ccc(O)cc1)C(=O)OOCc1ccccc1. The second kappa shape index (κ2) is 7.42. The minimum atomic E-state index is -0.815. The zero-order valence-electron chi connectivity index (χ0n) is 11.4. The van der Waals surface area contributed by atoms with Crippen molar-refractivity contribution in [3.8, 4) is 5.75 Å². The van der Waals surface area contributed by atoms with E-state index in [1.165, 1.54) is 0 Å². The Kier molecular flexibility index (Phi) is 5.31. The maximum absolute atomic E-state index is 11.7. The smallest absolute Gasteiger partial charge is 0.359 e. The van der Waals surface area contributed by atoms with Gasteiger partial charge in [0.05, 0.1) is 0 Å². The van der Waals surface area contributed by atoms with Crippen LogP contribution < -0.4 is 5.73 Å². The first kappa shape index (κ1) is 15.0. The second-order valence-corrected chi connectivity index (χ2v) is 4.63. The predicted octanol–water partition coefficient (Wildman–Crippen LogP) is 1.94. The summed E-state index contributed by atoms with van der Waals surface area (Å²) in [5.74, 6) is -0.458. The standard InChI is InChI=1S/C16H17NO4/c17-15(10-12-6-8-14(18)9-7-12)16(19)21-20-11-13-4-2-1-3-5-13/h1-9,15,18H,10-11,17H2. The minimum Gasteiger partial charge on any atom is -0.508 e. The van der Waals surface area contributed by atoms with Gasteiger partial charge >= 0.3 is 5.97 Å². The lowest BCUT2D eigenvalue weighted by Crippen LogP contribution is -2.34. The molecule has 1 unspecified atom stereocenters. The number of phenols is 1. The lowest BCUT2D eigenvalue weighted by atomic mass is 10.1. The number of nitrogens with two attached hydrogens (primary N) is 1. The third-order valence-corrected chi connectivity index (χ3v) is 2.90. The summed E-state index contributed by atoms with van der Waals surface area (Å²) in [7, 11) is 0. The molecule has 0 spiro atoms. The summed E-state index contributed by atoms with van der Waals surface area (Å²) >= 11 is 0. The molecule has 2 aromatic carbocycles. The zero-order chi connectivity index (χ0) is 15.1. The maximum Gasteiger partial charge on any atom is 0.359 e. The molecule has 1 atom stereocenters. The Balaban J connectivity index is 1.76. The molecular formula is C16H17NO4. The zero-order valence-corrected chi connectivity index (χ0v) is 11.4. The first-order chi connectivity index (χ1) is 10.1. The van der Waals surface area contributed by atoms with E-state index in [4.69, 9.17) is 15.5 Å². The van der Waals surface area contributed by atoms with Crippen LogP contribution in [0.4, 0.5) is 0 Å². The predicted molar refractivity (Wildman–Crippen MR) is 77.1 cm³/mol. The van der Waals surface area contributed by atoms with Crippen LogP contribution in [0, 0.1) is 0 Å². The summed E-state index contributed by atoms with van der Waals surface area (Å²) in [5, 5.41) is 9.18. The quantitative estimate of drug-likeness (QED) is 0.626. The van der Waals surface area contributed by atoms with E-state index in [9.17, 15) is 9.90 Å². The van der Waals surface area contributed by atoms with Crippen molar-refractivity contribution in [2.45, 2.75) is 19.1 Å². The average Bonchev–Trinajstić information content (AvgIpc) is 2.50. The van der Waals surface area contributed by atoms with E-state index < -0.39 is 12.0 Å². The summed E-state index contributed by atoms with van der Waals surface area (Å²) in [4.78, 5) is 21.3. The van der Waals surface area contributed by atoms with Gasteiger partial charge in [-0.1, -0.05) is 42.5 Å².